The third-order valence-electron chi connectivity index (χ3n) is 6.14. The van der Waals surface area contributed by atoms with Crippen LogP contribution in [0.15, 0.2) is 0 Å². The molecule has 0 bridgehead atoms. The first-order valence-corrected chi connectivity index (χ1v) is 19.5. The van der Waals surface area contributed by atoms with E-state index in [1.165, 1.54) is 13.8 Å². The Balaban J connectivity index is 5.79. The van der Waals surface area contributed by atoms with Gasteiger partial charge in [0, 0.05) is 65.1 Å². The van der Waals surface area contributed by atoms with Crippen LogP contribution in [-0.2, 0) is 46.0 Å². The molecular formula is C27H50O10S2Si2. The van der Waals surface area contributed by atoms with E-state index < -0.39 is 35.2 Å². The molecule has 2 unspecified atom stereocenters. The number of hydrogen-bond acceptors (Lipinski definition) is 12. The van der Waals surface area contributed by atoms with E-state index in [2.05, 4.69) is 0 Å². The highest BCUT2D eigenvalue weighted by atomic mass is 32.1. The maximum absolute atomic E-state index is 13.4. The van der Waals surface area contributed by atoms with Gasteiger partial charge >= 0.3 is 23.3 Å². The van der Waals surface area contributed by atoms with Crippen LogP contribution in [0.3, 0.4) is 0 Å². The fraction of sp³-hybridized carbons (Fsp3) is 0.815. The summed E-state index contributed by atoms with van der Waals surface area (Å²) in [6.45, 7) is 15.4. The smallest absolute Gasteiger partial charge is 0.485 e. The van der Waals surface area contributed by atoms with E-state index in [4.69, 9.17) is 56.0 Å². The van der Waals surface area contributed by atoms with Crippen LogP contribution in [0.2, 0.25) is 18.1 Å². The van der Waals surface area contributed by atoms with Crippen molar-refractivity contribution < 1.29 is 46.0 Å². The minimum absolute atomic E-state index is 0.190. The SMILES string of the molecule is CCCC(C[Si](CCC(=S)OC(C)=S)(OC(C)=O)OC(C)=O)C(CC)C(=O)OCCC[Si](OCC)(OCC)OCC. The monoisotopic (exact) mass is 654 g/mol. The summed E-state index contributed by atoms with van der Waals surface area (Å²) in [6, 6.07) is 0.962. The average molecular weight is 655 g/mol. The summed E-state index contributed by atoms with van der Waals surface area (Å²) in [5.74, 6) is -2.19. The number of ether oxygens (including phenoxy) is 2. The Bertz CT molecular complexity index is 810. The van der Waals surface area contributed by atoms with Gasteiger partial charge in [0.25, 0.3) is 11.9 Å². The molecule has 0 spiro atoms. The van der Waals surface area contributed by atoms with E-state index in [0.29, 0.717) is 45.1 Å². The van der Waals surface area contributed by atoms with Crippen LogP contribution in [0.4, 0.5) is 0 Å². The molecule has 0 fully saturated rings. The van der Waals surface area contributed by atoms with Crippen LogP contribution in [0, 0.1) is 11.8 Å². The van der Waals surface area contributed by atoms with E-state index in [1.807, 2.05) is 34.6 Å². The number of rotatable bonds is 22. The van der Waals surface area contributed by atoms with E-state index in [1.54, 1.807) is 6.92 Å². The fourth-order valence-electron chi connectivity index (χ4n) is 4.81. The Morgan fingerprint density at radius 2 is 1.34 bits per heavy atom. The summed E-state index contributed by atoms with van der Waals surface area (Å²) in [5, 5.41) is 0.488. The lowest BCUT2D eigenvalue weighted by molar-refractivity contribution is -0.150. The van der Waals surface area contributed by atoms with Gasteiger partial charge in [-0.1, -0.05) is 20.3 Å². The van der Waals surface area contributed by atoms with Gasteiger partial charge in [0.15, 0.2) is 10.1 Å². The summed E-state index contributed by atoms with van der Waals surface area (Å²) in [6.07, 6.45) is 2.68. The molecule has 0 aliphatic rings. The van der Waals surface area contributed by atoms with Gasteiger partial charge in [-0.15, -0.1) is 0 Å². The van der Waals surface area contributed by atoms with Gasteiger partial charge in [0.05, 0.1) is 12.5 Å². The highest BCUT2D eigenvalue weighted by Gasteiger charge is 2.48. The topological polar surface area (TPSA) is 116 Å². The molecule has 2 atom stereocenters. The highest BCUT2D eigenvalue weighted by molar-refractivity contribution is 7.81. The number of carbonyl (C=O) groups is 3. The van der Waals surface area contributed by atoms with Gasteiger partial charge in [-0.05, 0) is 70.4 Å². The number of hydrogen-bond donors (Lipinski definition) is 0. The standard InChI is InChI=1S/C27H50O10S2Si2/c1-9-15-24(20-40(36-21(6)28,37-22(7)29)19-16-26(39)35-23(8)38)25(10-2)27(30)31-17-14-18-41(32-11-3,33-12-4)34-13-5/h24-25H,9-20H2,1-8H3. The average Bonchev–Trinajstić information content (AvgIpc) is 2.85. The van der Waals surface area contributed by atoms with Crippen molar-refractivity contribution >= 4 is 69.8 Å². The molecule has 0 aliphatic heterocycles. The Morgan fingerprint density at radius 3 is 1.76 bits per heavy atom. The van der Waals surface area contributed by atoms with Gasteiger partial charge in [-0.25, -0.2) is 0 Å². The molecule has 0 rings (SSSR count). The molecular weight excluding hydrogens is 605 g/mol. The van der Waals surface area contributed by atoms with Gasteiger partial charge in [-0.3, -0.25) is 14.4 Å². The number of esters is 1. The Hall–Kier alpha value is -1.30. The summed E-state index contributed by atoms with van der Waals surface area (Å²) in [5.41, 5.74) is 0. The number of thiocarbonyl (C=S) groups is 2. The van der Waals surface area contributed by atoms with Crippen molar-refractivity contribution in [2.75, 3.05) is 26.4 Å². The first-order valence-electron chi connectivity index (χ1n) is 14.5. The second kappa shape index (κ2) is 21.4. The van der Waals surface area contributed by atoms with Crippen molar-refractivity contribution in [2.24, 2.45) is 11.8 Å². The zero-order chi connectivity index (χ0) is 31.5. The van der Waals surface area contributed by atoms with Crippen molar-refractivity contribution in [3.8, 4) is 0 Å². The predicted molar refractivity (Wildman–Crippen MR) is 169 cm³/mol. The molecule has 0 aromatic rings. The molecule has 0 radical (unpaired) electrons. The minimum Gasteiger partial charge on any atom is -0.485 e. The Kier molecular flexibility index (Phi) is 20.7. The van der Waals surface area contributed by atoms with Gasteiger partial charge in [-0.2, -0.15) is 0 Å². The summed E-state index contributed by atoms with van der Waals surface area (Å²) < 4.78 is 40.3. The molecule has 41 heavy (non-hydrogen) atoms. The maximum Gasteiger partial charge on any atom is 0.501 e. The molecule has 0 saturated carbocycles. The first kappa shape index (κ1) is 39.7. The zero-order valence-corrected chi connectivity index (χ0v) is 29.7. The summed E-state index contributed by atoms with van der Waals surface area (Å²) in [4.78, 5) is 37.7. The van der Waals surface area contributed by atoms with E-state index >= 15 is 0 Å². The minimum atomic E-state index is -3.51. The van der Waals surface area contributed by atoms with Crippen LogP contribution in [0.5, 0.6) is 0 Å². The molecule has 0 aliphatic carbocycles. The lowest BCUT2D eigenvalue weighted by atomic mass is 9.88. The molecule has 0 amide bonds. The molecule has 0 N–H and O–H groups in total. The predicted octanol–water partition coefficient (Wildman–Crippen LogP) is 6.06. The molecule has 0 aromatic carbocycles. The van der Waals surface area contributed by atoms with E-state index in [9.17, 15) is 14.4 Å². The van der Waals surface area contributed by atoms with Crippen molar-refractivity contribution in [3.63, 3.8) is 0 Å². The maximum atomic E-state index is 13.4. The fourth-order valence-corrected chi connectivity index (χ4v) is 11.5. The molecule has 238 valence electrons. The second-order valence-electron chi connectivity index (χ2n) is 9.58. The number of carbonyl (C=O) groups excluding carboxylic acids is 3. The van der Waals surface area contributed by atoms with E-state index in [0.717, 1.165) is 6.42 Å². The van der Waals surface area contributed by atoms with Crippen LogP contribution < -0.4 is 0 Å². The van der Waals surface area contributed by atoms with E-state index in [-0.39, 0.29) is 47.1 Å². The van der Waals surface area contributed by atoms with Crippen LogP contribution in [0.1, 0.15) is 87.5 Å². The van der Waals surface area contributed by atoms with Gasteiger partial charge in [0.2, 0.25) is 0 Å². The third-order valence-corrected chi connectivity index (χ3v) is 13.1. The first-order chi connectivity index (χ1) is 19.3. The van der Waals surface area contributed by atoms with Crippen LogP contribution in [-0.4, -0.2) is 71.8 Å². The summed E-state index contributed by atoms with van der Waals surface area (Å²) >= 11 is 10.2. The van der Waals surface area contributed by atoms with Crippen molar-refractivity contribution in [1.82, 2.24) is 0 Å². The van der Waals surface area contributed by atoms with Crippen molar-refractivity contribution in [1.29, 1.82) is 0 Å². The lowest BCUT2D eigenvalue weighted by Crippen LogP contribution is -2.48. The van der Waals surface area contributed by atoms with Crippen molar-refractivity contribution in [3.05, 3.63) is 0 Å². The molecule has 0 aromatic heterocycles. The summed E-state index contributed by atoms with van der Waals surface area (Å²) in [7, 11) is -6.35. The van der Waals surface area contributed by atoms with Gasteiger partial charge in [0.1, 0.15) is 0 Å². The van der Waals surface area contributed by atoms with Crippen molar-refractivity contribution in [2.45, 2.75) is 106 Å². The van der Waals surface area contributed by atoms with Gasteiger partial charge < -0.3 is 31.6 Å². The van der Waals surface area contributed by atoms with Crippen LogP contribution in [0.25, 0.3) is 0 Å². The molecule has 14 heteroatoms. The second-order valence-corrected chi connectivity index (χ2v) is 16.5. The van der Waals surface area contributed by atoms with Crippen LogP contribution >= 0.6 is 24.4 Å². The molecule has 0 heterocycles. The third kappa shape index (κ3) is 16.2. The lowest BCUT2D eigenvalue weighted by Gasteiger charge is -2.34. The zero-order valence-electron chi connectivity index (χ0n) is 26.0. The molecule has 10 nitrogen and oxygen atoms in total. The Labute approximate surface area is 259 Å². The normalized spacial score (nSPS) is 13.2. The quantitative estimate of drug-likeness (QED) is 0.0585. The molecule has 0 saturated heterocycles. The Morgan fingerprint density at radius 1 is 0.805 bits per heavy atom. The largest absolute Gasteiger partial charge is 0.501 e. The highest BCUT2D eigenvalue weighted by Crippen LogP contribution is 2.35.